The Kier molecular flexibility index (Phi) is 4.43. The molecule has 2 unspecified atom stereocenters. The third-order valence-electron chi connectivity index (χ3n) is 4.00. The molecule has 84 valence electrons. The van der Waals surface area contributed by atoms with Crippen LogP contribution < -0.4 is 5.73 Å². The van der Waals surface area contributed by atoms with Gasteiger partial charge in [0.15, 0.2) is 0 Å². The minimum atomic E-state index is 0.449. The van der Waals surface area contributed by atoms with E-state index >= 15 is 0 Å². The quantitative estimate of drug-likeness (QED) is 0.730. The second-order valence-electron chi connectivity index (χ2n) is 5.65. The minimum Gasteiger partial charge on any atom is -0.327 e. The summed E-state index contributed by atoms with van der Waals surface area (Å²) in [5, 5.41) is 0. The maximum Gasteiger partial charge on any atom is 0.00722 e. The summed E-state index contributed by atoms with van der Waals surface area (Å²) in [4.78, 5) is 0. The molecule has 1 fully saturated rings. The SMILES string of the molecule is CCCCC(N)C1CCCCC1(C)C. The van der Waals surface area contributed by atoms with Crippen molar-refractivity contribution < 1.29 is 0 Å². The van der Waals surface area contributed by atoms with Crippen molar-refractivity contribution in [3.05, 3.63) is 0 Å². The highest BCUT2D eigenvalue weighted by Crippen LogP contribution is 2.42. The molecule has 2 atom stereocenters. The van der Waals surface area contributed by atoms with Gasteiger partial charge in [-0.05, 0) is 30.6 Å². The average Bonchev–Trinajstić information content (AvgIpc) is 2.13. The number of nitrogens with two attached hydrogens (primary N) is 1. The summed E-state index contributed by atoms with van der Waals surface area (Å²) in [5.74, 6) is 0.766. The Labute approximate surface area is 89.5 Å². The molecule has 0 aliphatic heterocycles. The van der Waals surface area contributed by atoms with Crippen LogP contribution in [0.25, 0.3) is 0 Å². The Morgan fingerprint density at radius 2 is 2.07 bits per heavy atom. The van der Waals surface area contributed by atoms with E-state index in [-0.39, 0.29) is 0 Å². The van der Waals surface area contributed by atoms with Crippen LogP contribution in [0.5, 0.6) is 0 Å². The molecular formula is C13H27N. The first-order valence-electron chi connectivity index (χ1n) is 6.33. The van der Waals surface area contributed by atoms with E-state index in [1.54, 1.807) is 0 Å². The summed E-state index contributed by atoms with van der Waals surface area (Å²) in [6.07, 6.45) is 9.34. The molecule has 1 rings (SSSR count). The van der Waals surface area contributed by atoms with Crippen LogP contribution in [-0.4, -0.2) is 6.04 Å². The summed E-state index contributed by atoms with van der Waals surface area (Å²) in [5.41, 5.74) is 6.80. The molecule has 2 N–H and O–H groups in total. The third kappa shape index (κ3) is 2.98. The zero-order valence-electron chi connectivity index (χ0n) is 10.2. The highest BCUT2D eigenvalue weighted by Gasteiger charge is 2.35. The van der Waals surface area contributed by atoms with Crippen LogP contribution in [0, 0.1) is 11.3 Å². The van der Waals surface area contributed by atoms with Gasteiger partial charge in [-0.15, -0.1) is 0 Å². The van der Waals surface area contributed by atoms with Crippen molar-refractivity contribution in [3.8, 4) is 0 Å². The monoisotopic (exact) mass is 197 g/mol. The standard InChI is InChI=1S/C13H27N/c1-4-5-9-12(14)11-8-6-7-10-13(11,2)3/h11-12H,4-10,14H2,1-3H3. The van der Waals surface area contributed by atoms with Gasteiger partial charge in [0.05, 0.1) is 0 Å². The van der Waals surface area contributed by atoms with Gasteiger partial charge in [0.2, 0.25) is 0 Å². The second-order valence-corrected chi connectivity index (χ2v) is 5.65. The van der Waals surface area contributed by atoms with Crippen LogP contribution in [0.3, 0.4) is 0 Å². The minimum absolute atomic E-state index is 0.449. The Bertz CT molecular complexity index is 163. The van der Waals surface area contributed by atoms with Crippen LogP contribution in [0.15, 0.2) is 0 Å². The first kappa shape index (κ1) is 12.0. The van der Waals surface area contributed by atoms with Crippen LogP contribution >= 0.6 is 0 Å². The van der Waals surface area contributed by atoms with Gasteiger partial charge in [-0.2, -0.15) is 0 Å². The largest absolute Gasteiger partial charge is 0.327 e. The summed E-state index contributed by atoms with van der Waals surface area (Å²) in [6, 6.07) is 0.449. The fourth-order valence-corrected chi connectivity index (χ4v) is 2.96. The van der Waals surface area contributed by atoms with Gasteiger partial charge in [-0.3, -0.25) is 0 Å². The first-order valence-corrected chi connectivity index (χ1v) is 6.33. The van der Waals surface area contributed by atoms with E-state index in [0.717, 1.165) is 5.92 Å². The Balaban J connectivity index is 2.46. The number of hydrogen-bond acceptors (Lipinski definition) is 1. The smallest absolute Gasteiger partial charge is 0.00722 e. The van der Waals surface area contributed by atoms with Crippen LogP contribution in [-0.2, 0) is 0 Å². The molecule has 1 nitrogen and oxygen atoms in total. The molecule has 1 aliphatic carbocycles. The van der Waals surface area contributed by atoms with Crippen molar-refractivity contribution in [2.45, 2.75) is 71.8 Å². The fourth-order valence-electron chi connectivity index (χ4n) is 2.96. The predicted molar refractivity (Wildman–Crippen MR) is 63.2 cm³/mol. The molecule has 1 saturated carbocycles. The summed E-state index contributed by atoms with van der Waals surface area (Å²) < 4.78 is 0. The first-order chi connectivity index (χ1) is 6.58. The molecule has 0 aromatic carbocycles. The van der Waals surface area contributed by atoms with E-state index in [1.165, 1.54) is 44.9 Å². The van der Waals surface area contributed by atoms with Crippen LogP contribution in [0.4, 0.5) is 0 Å². The van der Waals surface area contributed by atoms with Crippen molar-refractivity contribution in [2.75, 3.05) is 0 Å². The normalized spacial score (nSPS) is 28.7. The molecule has 14 heavy (non-hydrogen) atoms. The van der Waals surface area contributed by atoms with E-state index in [9.17, 15) is 0 Å². The van der Waals surface area contributed by atoms with Crippen LogP contribution in [0.2, 0.25) is 0 Å². The van der Waals surface area contributed by atoms with Gasteiger partial charge in [0, 0.05) is 6.04 Å². The van der Waals surface area contributed by atoms with Crippen molar-refractivity contribution in [1.82, 2.24) is 0 Å². The van der Waals surface area contributed by atoms with Gasteiger partial charge in [0.25, 0.3) is 0 Å². The molecule has 0 saturated heterocycles. The maximum atomic E-state index is 6.31. The highest BCUT2D eigenvalue weighted by molar-refractivity contribution is 4.88. The van der Waals surface area contributed by atoms with E-state index < -0.39 is 0 Å². The molecule has 0 aromatic heterocycles. The van der Waals surface area contributed by atoms with Crippen molar-refractivity contribution >= 4 is 0 Å². The summed E-state index contributed by atoms with van der Waals surface area (Å²) in [6.45, 7) is 7.06. The lowest BCUT2D eigenvalue weighted by molar-refractivity contribution is 0.108. The number of unbranched alkanes of at least 4 members (excludes halogenated alkanes) is 1. The molecule has 0 heterocycles. The molecule has 0 radical (unpaired) electrons. The van der Waals surface area contributed by atoms with Crippen molar-refractivity contribution in [1.29, 1.82) is 0 Å². The lowest BCUT2D eigenvalue weighted by Gasteiger charge is -2.42. The number of rotatable bonds is 4. The Morgan fingerprint density at radius 1 is 1.36 bits per heavy atom. The van der Waals surface area contributed by atoms with Crippen molar-refractivity contribution in [2.24, 2.45) is 17.1 Å². The lowest BCUT2D eigenvalue weighted by atomic mass is 9.65. The second kappa shape index (κ2) is 5.16. The average molecular weight is 197 g/mol. The van der Waals surface area contributed by atoms with Crippen LogP contribution in [0.1, 0.15) is 65.7 Å². The van der Waals surface area contributed by atoms with Gasteiger partial charge >= 0.3 is 0 Å². The summed E-state index contributed by atoms with van der Waals surface area (Å²) in [7, 11) is 0. The third-order valence-corrected chi connectivity index (χ3v) is 4.00. The zero-order valence-corrected chi connectivity index (χ0v) is 10.2. The molecule has 1 heteroatoms. The molecule has 0 bridgehead atoms. The maximum absolute atomic E-state index is 6.31. The van der Waals surface area contributed by atoms with Gasteiger partial charge in [-0.25, -0.2) is 0 Å². The molecule has 0 amide bonds. The number of hydrogen-bond donors (Lipinski definition) is 1. The van der Waals surface area contributed by atoms with E-state index in [2.05, 4.69) is 20.8 Å². The van der Waals surface area contributed by atoms with Gasteiger partial charge < -0.3 is 5.73 Å². The fraction of sp³-hybridized carbons (Fsp3) is 1.00. The van der Waals surface area contributed by atoms with E-state index in [0.29, 0.717) is 11.5 Å². The molecule has 1 aliphatic rings. The highest BCUT2D eigenvalue weighted by atomic mass is 14.7. The summed E-state index contributed by atoms with van der Waals surface area (Å²) >= 11 is 0. The van der Waals surface area contributed by atoms with Gasteiger partial charge in [-0.1, -0.05) is 46.5 Å². The van der Waals surface area contributed by atoms with Gasteiger partial charge in [0.1, 0.15) is 0 Å². The Hall–Kier alpha value is -0.0400. The topological polar surface area (TPSA) is 26.0 Å². The molecule has 0 aromatic rings. The molecule has 0 spiro atoms. The zero-order chi connectivity index (χ0) is 10.6. The molecular weight excluding hydrogens is 170 g/mol. The lowest BCUT2D eigenvalue weighted by Crippen LogP contribution is -2.41. The Morgan fingerprint density at radius 3 is 2.64 bits per heavy atom. The predicted octanol–water partition coefficient (Wildman–Crippen LogP) is 3.72. The van der Waals surface area contributed by atoms with E-state index in [4.69, 9.17) is 5.73 Å². The van der Waals surface area contributed by atoms with Crippen molar-refractivity contribution in [3.63, 3.8) is 0 Å². The van der Waals surface area contributed by atoms with E-state index in [1.807, 2.05) is 0 Å².